The number of carbonyl (C=O) groups excluding carboxylic acids is 1. The number of amides is 1. The van der Waals surface area contributed by atoms with Crippen LogP contribution in [-0.4, -0.2) is 30.3 Å². The summed E-state index contributed by atoms with van der Waals surface area (Å²) < 4.78 is 5.09. The van der Waals surface area contributed by atoms with Crippen LogP contribution < -0.4 is 15.0 Å². The number of aromatic nitrogens is 2. The van der Waals surface area contributed by atoms with E-state index in [-0.39, 0.29) is 11.6 Å². The normalized spacial score (nSPS) is 10.2. The topological polar surface area (TPSA) is 67.3 Å². The molecule has 2 aromatic carbocycles. The van der Waals surface area contributed by atoms with E-state index in [1.54, 1.807) is 43.5 Å². The van der Waals surface area contributed by atoms with Gasteiger partial charge in [-0.3, -0.25) is 4.79 Å². The highest BCUT2D eigenvalue weighted by Gasteiger charge is 2.11. The van der Waals surface area contributed by atoms with Gasteiger partial charge in [0.25, 0.3) is 5.91 Å². The molecule has 0 bridgehead atoms. The number of hydrogen-bond donors (Lipinski definition) is 1. The average molecular weight is 334 g/mol. The summed E-state index contributed by atoms with van der Waals surface area (Å²) in [6.45, 7) is 0. The van der Waals surface area contributed by atoms with Gasteiger partial charge in [-0.25, -0.2) is 0 Å². The largest absolute Gasteiger partial charge is 0.497 e. The summed E-state index contributed by atoms with van der Waals surface area (Å²) in [4.78, 5) is 14.2. The Morgan fingerprint density at radius 1 is 0.960 bits per heavy atom. The van der Waals surface area contributed by atoms with Crippen molar-refractivity contribution in [2.24, 2.45) is 0 Å². The van der Waals surface area contributed by atoms with Gasteiger partial charge in [-0.2, -0.15) is 0 Å². The smallest absolute Gasteiger partial charge is 0.276 e. The molecule has 0 aliphatic heterocycles. The van der Waals surface area contributed by atoms with Crippen LogP contribution in [0.3, 0.4) is 0 Å². The second kappa shape index (κ2) is 7.44. The van der Waals surface area contributed by atoms with Crippen LogP contribution in [0.1, 0.15) is 10.5 Å². The Balaban J connectivity index is 1.69. The van der Waals surface area contributed by atoms with Crippen molar-refractivity contribution in [3.63, 3.8) is 0 Å². The number of para-hydroxylation sites is 1. The second-order valence-corrected chi connectivity index (χ2v) is 5.35. The van der Waals surface area contributed by atoms with E-state index in [0.29, 0.717) is 11.5 Å². The fraction of sp³-hybridized carbons (Fsp3) is 0.105. The first-order chi connectivity index (χ1) is 12.2. The number of nitrogens with zero attached hydrogens (tertiary/aromatic N) is 3. The zero-order valence-electron chi connectivity index (χ0n) is 14.0. The summed E-state index contributed by atoms with van der Waals surface area (Å²) in [7, 11) is 3.49. The monoisotopic (exact) mass is 334 g/mol. The molecular weight excluding hydrogens is 316 g/mol. The molecule has 3 aromatic rings. The van der Waals surface area contributed by atoms with Gasteiger partial charge in [0.1, 0.15) is 5.75 Å². The summed E-state index contributed by atoms with van der Waals surface area (Å²) in [6, 6.07) is 20.3. The first-order valence-electron chi connectivity index (χ1n) is 7.75. The standard InChI is InChI=1S/C19H18N4O2/c1-23(15-6-4-3-5-7-15)18-13-12-17(21-22-18)19(24)20-14-8-10-16(25-2)11-9-14/h3-13H,1-2H3,(H,20,24). The van der Waals surface area contributed by atoms with Gasteiger partial charge < -0.3 is 15.0 Å². The average Bonchev–Trinajstić information content (AvgIpc) is 2.69. The third-order valence-corrected chi connectivity index (χ3v) is 3.72. The maximum atomic E-state index is 12.3. The lowest BCUT2D eigenvalue weighted by Crippen LogP contribution is -2.16. The molecule has 126 valence electrons. The number of hydrogen-bond acceptors (Lipinski definition) is 5. The number of ether oxygens (including phenoxy) is 1. The van der Waals surface area contributed by atoms with Gasteiger partial charge in [-0.15, -0.1) is 10.2 Å². The number of benzene rings is 2. The SMILES string of the molecule is COc1ccc(NC(=O)c2ccc(N(C)c3ccccc3)nn2)cc1. The summed E-state index contributed by atoms with van der Waals surface area (Å²) in [5, 5.41) is 10.9. The van der Waals surface area contributed by atoms with Crippen LogP contribution in [0.2, 0.25) is 0 Å². The van der Waals surface area contributed by atoms with Crippen molar-refractivity contribution >= 4 is 23.1 Å². The maximum Gasteiger partial charge on any atom is 0.276 e. The Morgan fingerprint density at radius 3 is 2.28 bits per heavy atom. The fourth-order valence-corrected chi connectivity index (χ4v) is 2.28. The quantitative estimate of drug-likeness (QED) is 0.773. The molecule has 6 heteroatoms. The van der Waals surface area contributed by atoms with Crippen LogP contribution in [0.5, 0.6) is 5.75 Å². The minimum absolute atomic E-state index is 0.251. The van der Waals surface area contributed by atoms with Gasteiger partial charge in [0.15, 0.2) is 11.5 Å². The Labute approximate surface area is 146 Å². The van der Waals surface area contributed by atoms with Crippen molar-refractivity contribution in [2.45, 2.75) is 0 Å². The predicted molar refractivity (Wildman–Crippen MR) is 97.5 cm³/mol. The van der Waals surface area contributed by atoms with Crippen LogP contribution >= 0.6 is 0 Å². The van der Waals surface area contributed by atoms with Gasteiger partial charge in [0.05, 0.1) is 7.11 Å². The van der Waals surface area contributed by atoms with Crippen LogP contribution in [-0.2, 0) is 0 Å². The molecule has 0 aliphatic rings. The number of methoxy groups -OCH3 is 1. The van der Waals surface area contributed by atoms with Crippen LogP contribution in [0, 0.1) is 0 Å². The van der Waals surface area contributed by atoms with E-state index in [1.165, 1.54) is 0 Å². The molecule has 0 radical (unpaired) electrons. The third-order valence-electron chi connectivity index (χ3n) is 3.72. The highest BCUT2D eigenvalue weighted by Crippen LogP contribution is 2.20. The Hall–Kier alpha value is -3.41. The molecule has 0 spiro atoms. The molecule has 0 saturated heterocycles. The maximum absolute atomic E-state index is 12.3. The van der Waals surface area contributed by atoms with Crippen molar-refractivity contribution < 1.29 is 9.53 Å². The van der Waals surface area contributed by atoms with E-state index in [9.17, 15) is 4.79 Å². The number of nitrogens with one attached hydrogen (secondary N) is 1. The van der Waals surface area contributed by atoms with E-state index in [0.717, 1.165) is 11.4 Å². The predicted octanol–water partition coefficient (Wildman–Crippen LogP) is 3.51. The minimum atomic E-state index is -0.313. The molecule has 6 nitrogen and oxygen atoms in total. The Morgan fingerprint density at radius 2 is 1.68 bits per heavy atom. The Kier molecular flexibility index (Phi) is 4.89. The van der Waals surface area contributed by atoms with E-state index < -0.39 is 0 Å². The lowest BCUT2D eigenvalue weighted by Gasteiger charge is -2.17. The number of carbonyl (C=O) groups is 1. The number of anilines is 3. The van der Waals surface area contributed by atoms with Gasteiger partial charge >= 0.3 is 0 Å². The zero-order valence-corrected chi connectivity index (χ0v) is 14.0. The molecule has 1 aromatic heterocycles. The molecule has 0 saturated carbocycles. The third kappa shape index (κ3) is 3.92. The van der Waals surface area contributed by atoms with E-state index in [2.05, 4.69) is 15.5 Å². The van der Waals surface area contributed by atoms with Crippen molar-refractivity contribution in [1.82, 2.24) is 10.2 Å². The second-order valence-electron chi connectivity index (χ2n) is 5.35. The van der Waals surface area contributed by atoms with Gasteiger partial charge in [0, 0.05) is 18.4 Å². The minimum Gasteiger partial charge on any atom is -0.497 e. The molecule has 0 atom stereocenters. The lowest BCUT2D eigenvalue weighted by molar-refractivity contribution is 0.102. The highest BCUT2D eigenvalue weighted by molar-refractivity contribution is 6.02. The first-order valence-corrected chi connectivity index (χ1v) is 7.75. The summed E-state index contributed by atoms with van der Waals surface area (Å²) in [6.07, 6.45) is 0. The molecule has 1 N–H and O–H groups in total. The van der Waals surface area contributed by atoms with E-state index in [1.807, 2.05) is 42.3 Å². The highest BCUT2D eigenvalue weighted by atomic mass is 16.5. The van der Waals surface area contributed by atoms with Crippen molar-refractivity contribution in [2.75, 3.05) is 24.4 Å². The molecule has 1 amide bonds. The number of rotatable bonds is 5. The molecule has 0 unspecified atom stereocenters. The van der Waals surface area contributed by atoms with Gasteiger partial charge in [0.2, 0.25) is 0 Å². The van der Waals surface area contributed by atoms with Crippen LogP contribution in [0.15, 0.2) is 66.7 Å². The van der Waals surface area contributed by atoms with Crippen molar-refractivity contribution in [3.05, 3.63) is 72.4 Å². The van der Waals surface area contributed by atoms with Gasteiger partial charge in [-0.05, 0) is 48.5 Å². The molecule has 0 aliphatic carbocycles. The molecule has 3 rings (SSSR count). The molecule has 0 fully saturated rings. The van der Waals surface area contributed by atoms with E-state index in [4.69, 9.17) is 4.74 Å². The molecular formula is C19H18N4O2. The summed E-state index contributed by atoms with van der Waals surface area (Å²) >= 11 is 0. The molecule has 25 heavy (non-hydrogen) atoms. The van der Waals surface area contributed by atoms with Crippen LogP contribution in [0.4, 0.5) is 17.2 Å². The fourth-order valence-electron chi connectivity index (χ4n) is 2.28. The van der Waals surface area contributed by atoms with Crippen molar-refractivity contribution in [1.29, 1.82) is 0 Å². The van der Waals surface area contributed by atoms with Crippen LogP contribution in [0.25, 0.3) is 0 Å². The summed E-state index contributed by atoms with van der Waals surface area (Å²) in [5.74, 6) is 1.07. The summed E-state index contributed by atoms with van der Waals surface area (Å²) in [5.41, 5.74) is 1.91. The Bertz CT molecular complexity index is 834. The lowest BCUT2D eigenvalue weighted by atomic mass is 10.2. The van der Waals surface area contributed by atoms with Gasteiger partial charge in [-0.1, -0.05) is 18.2 Å². The molecule has 1 heterocycles. The first kappa shape index (κ1) is 16.4. The van der Waals surface area contributed by atoms with E-state index >= 15 is 0 Å². The van der Waals surface area contributed by atoms with Crippen molar-refractivity contribution in [3.8, 4) is 5.75 Å². The zero-order chi connectivity index (χ0) is 17.6.